The van der Waals surface area contributed by atoms with Crippen LogP contribution in [0, 0.1) is 11.8 Å². The fourth-order valence-corrected chi connectivity index (χ4v) is 2.82. The number of alkyl halides is 1. The molecule has 1 heterocycles. The van der Waals surface area contributed by atoms with E-state index in [2.05, 4.69) is 43.0 Å². The summed E-state index contributed by atoms with van der Waals surface area (Å²) >= 11 is 2.42. The number of hydrogen-bond donors (Lipinski definition) is 0. The third kappa shape index (κ3) is 3.20. The molecule has 0 N–H and O–H groups in total. The quantitative estimate of drug-likeness (QED) is 0.443. The summed E-state index contributed by atoms with van der Waals surface area (Å²) in [5.41, 5.74) is 1.09. The van der Waals surface area contributed by atoms with Gasteiger partial charge in [0.25, 0.3) is 0 Å². The van der Waals surface area contributed by atoms with Gasteiger partial charge in [0, 0.05) is 10.3 Å². The van der Waals surface area contributed by atoms with Gasteiger partial charge in [0.15, 0.2) is 5.79 Å². The maximum atomic E-state index is 6.05. The van der Waals surface area contributed by atoms with Crippen molar-refractivity contribution in [3.63, 3.8) is 0 Å². The fraction of sp³-hybridized carbons (Fsp3) is 0.846. The summed E-state index contributed by atoms with van der Waals surface area (Å²) in [7, 11) is 0. The van der Waals surface area contributed by atoms with Crippen LogP contribution in [-0.4, -0.2) is 22.4 Å². The molecule has 0 radical (unpaired) electrons. The van der Waals surface area contributed by atoms with E-state index in [-0.39, 0.29) is 12.2 Å². The molecule has 1 saturated heterocycles. The normalized spacial score (nSPS) is 35.8. The van der Waals surface area contributed by atoms with Crippen molar-refractivity contribution in [2.45, 2.75) is 52.6 Å². The molecule has 3 heteroatoms. The van der Waals surface area contributed by atoms with Crippen LogP contribution in [0.3, 0.4) is 0 Å². The van der Waals surface area contributed by atoms with Gasteiger partial charge in [-0.15, -0.1) is 0 Å². The third-order valence-electron chi connectivity index (χ3n) is 3.12. The van der Waals surface area contributed by atoms with Gasteiger partial charge in [0.1, 0.15) is 0 Å². The van der Waals surface area contributed by atoms with E-state index in [1.54, 1.807) is 0 Å². The summed E-state index contributed by atoms with van der Waals surface area (Å²) in [6.45, 7) is 14.5. The molecule has 1 fully saturated rings. The number of ether oxygens (including phenoxy) is 2. The minimum atomic E-state index is -0.499. The lowest BCUT2D eigenvalue weighted by molar-refractivity contribution is -0.317. The Balaban J connectivity index is 2.89. The van der Waals surface area contributed by atoms with Crippen LogP contribution < -0.4 is 0 Å². The lowest BCUT2D eigenvalue weighted by Gasteiger charge is -2.47. The van der Waals surface area contributed by atoms with Crippen LogP contribution >= 0.6 is 22.6 Å². The molecule has 0 aliphatic carbocycles. The monoisotopic (exact) mass is 338 g/mol. The summed E-state index contributed by atoms with van der Waals surface area (Å²) in [5.74, 6) is 0.414. The summed E-state index contributed by atoms with van der Waals surface area (Å²) in [6.07, 6.45) is 0.362. The predicted molar refractivity (Wildman–Crippen MR) is 75.9 cm³/mol. The van der Waals surface area contributed by atoms with Gasteiger partial charge in [-0.1, -0.05) is 48.6 Å². The summed E-state index contributed by atoms with van der Waals surface area (Å²) in [6, 6.07) is 0. The van der Waals surface area contributed by atoms with Gasteiger partial charge in [-0.2, -0.15) is 0 Å². The molecule has 16 heavy (non-hydrogen) atoms. The van der Waals surface area contributed by atoms with Crippen molar-refractivity contribution in [3.05, 3.63) is 12.2 Å². The number of rotatable bonds is 3. The van der Waals surface area contributed by atoms with E-state index < -0.39 is 5.79 Å². The van der Waals surface area contributed by atoms with E-state index in [9.17, 15) is 0 Å². The third-order valence-corrected chi connectivity index (χ3v) is 4.51. The Kier molecular flexibility index (Phi) is 4.84. The molecule has 1 aliphatic heterocycles. The molecule has 0 saturated carbocycles. The van der Waals surface area contributed by atoms with E-state index >= 15 is 0 Å². The first-order valence-electron chi connectivity index (χ1n) is 5.85. The zero-order valence-electron chi connectivity index (χ0n) is 10.9. The van der Waals surface area contributed by atoms with Crippen LogP contribution in [-0.2, 0) is 9.47 Å². The largest absolute Gasteiger partial charge is 0.347 e. The van der Waals surface area contributed by atoms with Gasteiger partial charge in [-0.3, -0.25) is 0 Å². The highest BCUT2D eigenvalue weighted by molar-refractivity contribution is 14.1. The fourth-order valence-electron chi connectivity index (χ4n) is 2.32. The molecular formula is C13H23IO2. The molecule has 1 rings (SSSR count). The van der Waals surface area contributed by atoms with E-state index in [4.69, 9.17) is 9.47 Å². The van der Waals surface area contributed by atoms with Crippen LogP contribution in [0.25, 0.3) is 0 Å². The second-order valence-corrected chi connectivity index (χ2v) is 6.24. The first-order chi connectivity index (χ1) is 7.28. The van der Waals surface area contributed by atoms with Crippen molar-refractivity contribution >= 4 is 22.6 Å². The van der Waals surface area contributed by atoms with Gasteiger partial charge in [-0.05, 0) is 26.7 Å². The Hall–Kier alpha value is 0.390. The molecule has 0 unspecified atom stereocenters. The van der Waals surface area contributed by atoms with Crippen LogP contribution in [0.4, 0.5) is 0 Å². The highest BCUT2D eigenvalue weighted by atomic mass is 127. The maximum absolute atomic E-state index is 6.05. The smallest absolute Gasteiger partial charge is 0.163 e. The lowest BCUT2D eigenvalue weighted by atomic mass is 9.86. The Morgan fingerprint density at radius 1 is 1.44 bits per heavy atom. The summed E-state index contributed by atoms with van der Waals surface area (Å²) in [5, 5.41) is 0. The van der Waals surface area contributed by atoms with Crippen LogP contribution in [0.5, 0.6) is 0 Å². The van der Waals surface area contributed by atoms with Crippen molar-refractivity contribution in [3.8, 4) is 0 Å². The predicted octanol–water partition coefficient (Wildman–Crippen LogP) is 3.79. The molecule has 0 aromatic carbocycles. The van der Waals surface area contributed by atoms with Gasteiger partial charge >= 0.3 is 0 Å². The molecule has 0 spiro atoms. The Labute approximate surface area is 113 Å². The number of halogens is 1. The van der Waals surface area contributed by atoms with E-state index in [1.165, 1.54) is 0 Å². The van der Waals surface area contributed by atoms with Crippen molar-refractivity contribution in [2.75, 3.05) is 4.43 Å². The number of hydrogen-bond acceptors (Lipinski definition) is 2. The van der Waals surface area contributed by atoms with Crippen LogP contribution in [0.1, 0.15) is 34.6 Å². The molecule has 0 bridgehead atoms. The standard InChI is InChI=1S/C13H23IO2/c1-8(2)11-10(4)12(9(3)7-14)16-13(5,6)15-11/h9-12H,1,7H2,2-6H3/t9-,10-,11-,12-/m0/s1. The Morgan fingerprint density at radius 3 is 2.44 bits per heavy atom. The average Bonchev–Trinajstić information content (AvgIpc) is 2.19. The first-order valence-corrected chi connectivity index (χ1v) is 7.38. The van der Waals surface area contributed by atoms with Crippen molar-refractivity contribution < 1.29 is 9.47 Å². The van der Waals surface area contributed by atoms with Gasteiger partial charge in [0.05, 0.1) is 12.2 Å². The topological polar surface area (TPSA) is 18.5 Å². The van der Waals surface area contributed by atoms with E-state index in [1.807, 2.05) is 20.8 Å². The minimum absolute atomic E-state index is 0.110. The first kappa shape index (κ1) is 14.5. The van der Waals surface area contributed by atoms with E-state index in [0.717, 1.165) is 10.0 Å². The zero-order valence-corrected chi connectivity index (χ0v) is 13.1. The molecule has 4 atom stereocenters. The maximum Gasteiger partial charge on any atom is 0.163 e. The zero-order chi connectivity index (χ0) is 12.5. The van der Waals surface area contributed by atoms with Crippen LogP contribution in [0.15, 0.2) is 12.2 Å². The Morgan fingerprint density at radius 2 is 2.00 bits per heavy atom. The summed E-state index contributed by atoms with van der Waals surface area (Å²) in [4.78, 5) is 0. The SMILES string of the molecule is C=C(C)[C@@H]1OC(C)(C)O[C@@H]([C@@H](C)CI)[C@H]1C. The summed E-state index contributed by atoms with van der Waals surface area (Å²) < 4.78 is 13.1. The van der Waals surface area contributed by atoms with Crippen molar-refractivity contribution in [1.29, 1.82) is 0 Å². The second-order valence-electron chi connectivity index (χ2n) is 5.36. The molecule has 0 aromatic rings. The van der Waals surface area contributed by atoms with Crippen LogP contribution in [0.2, 0.25) is 0 Å². The van der Waals surface area contributed by atoms with Gasteiger partial charge in [0.2, 0.25) is 0 Å². The van der Waals surface area contributed by atoms with Gasteiger partial charge in [-0.25, -0.2) is 0 Å². The van der Waals surface area contributed by atoms with Crippen molar-refractivity contribution in [1.82, 2.24) is 0 Å². The molecule has 94 valence electrons. The molecule has 1 aliphatic rings. The average molecular weight is 338 g/mol. The van der Waals surface area contributed by atoms with Gasteiger partial charge < -0.3 is 9.47 Å². The van der Waals surface area contributed by atoms with E-state index in [0.29, 0.717) is 11.8 Å². The lowest BCUT2D eigenvalue weighted by Crippen LogP contribution is -2.52. The minimum Gasteiger partial charge on any atom is -0.347 e. The molecule has 0 amide bonds. The Bertz CT molecular complexity index is 263. The molecule has 2 nitrogen and oxygen atoms in total. The highest BCUT2D eigenvalue weighted by Gasteiger charge is 2.42. The highest BCUT2D eigenvalue weighted by Crippen LogP contribution is 2.37. The molecule has 0 aromatic heterocycles. The van der Waals surface area contributed by atoms with Crippen molar-refractivity contribution in [2.24, 2.45) is 11.8 Å². The second kappa shape index (κ2) is 5.36. The molecular weight excluding hydrogens is 315 g/mol.